The van der Waals surface area contributed by atoms with E-state index in [9.17, 15) is 13.2 Å². The summed E-state index contributed by atoms with van der Waals surface area (Å²) in [6.45, 7) is 0. The number of nitrogens with one attached hydrogen (secondary N) is 1. The standard InChI is InChI=1S/C15H7Cl3F3N5/c16-9-5-11(17)14(12(18)6-9)26-25-13(7-22)24-23-10-3-1-8(2-4-10)15(19,20)21/h1-6,26H. The van der Waals surface area contributed by atoms with E-state index >= 15 is 0 Å². The first-order valence-electron chi connectivity index (χ1n) is 6.68. The molecule has 0 aliphatic carbocycles. The molecule has 0 saturated heterocycles. The number of nitrogens with zero attached hydrogens (tertiary/aromatic N) is 4. The number of amidine groups is 1. The van der Waals surface area contributed by atoms with Crippen LogP contribution in [-0.2, 0) is 6.18 Å². The van der Waals surface area contributed by atoms with Crippen LogP contribution in [0.15, 0.2) is 51.7 Å². The van der Waals surface area contributed by atoms with Crippen molar-refractivity contribution in [3.63, 3.8) is 0 Å². The lowest BCUT2D eigenvalue weighted by Crippen LogP contribution is -2.03. The molecule has 134 valence electrons. The van der Waals surface area contributed by atoms with Crippen molar-refractivity contribution in [2.45, 2.75) is 6.18 Å². The first kappa shape index (κ1) is 20.0. The predicted molar refractivity (Wildman–Crippen MR) is 94.1 cm³/mol. The van der Waals surface area contributed by atoms with Crippen molar-refractivity contribution in [2.75, 3.05) is 5.43 Å². The molecule has 0 aromatic heterocycles. The molecular formula is C15H7Cl3F3N5. The highest BCUT2D eigenvalue weighted by atomic mass is 35.5. The Morgan fingerprint density at radius 3 is 2.12 bits per heavy atom. The highest BCUT2D eigenvalue weighted by molar-refractivity contribution is 6.41. The molecule has 2 rings (SSSR count). The Bertz CT molecular complexity index is 879. The van der Waals surface area contributed by atoms with Gasteiger partial charge >= 0.3 is 6.18 Å². The molecule has 0 atom stereocenters. The lowest BCUT2D eigenvalue weighted by molar-refractivity contribution is -0.137. The second-order valence-corrected chi connectivity index (χ2v) is 5.90. The second-order valence-electron chi connectivity index (χ2n) is 4.65. The van der Waals surface area contributed by atoms with E-state index in [1.54, 1.807) is 6.07 Å². The Morgan fingerprint density at radius 1 is 1.04 bits per heavy atom. The van der Waals surface area contributed by atoms with E-state index in [-0.39, 0.29) is 21.4 Å². The summed E-state index contributed by atoms with van der Waals surface area (Å²) in [5, 5.41) is 20.6. The number of nitriles is 1. The largest absolute Gasteiger partial charge is 0.416 e. The van der Waals surface area contributed by atoms with Crippen LogP contribution in [0.5, 0.6) is 0 Å². The number of rotatable bonds is 3. The third-order valence-electron chi connectivity index (χ3n) is 2.84. The van der Waals surface area contributed by atoms with Gasteiger partial charge in [0.25, 0.3) is 5.84 Å². The number of halogens is 6. The normalized spacial score (nSPS) is 12.3. The molecule has 0 bridgehead atoms. The van der Waals surface area contributed by atoms with Gasteiger partial charge in [-0.05, 0) is 36.4 Å². The minimum Gasteiger partial charge on any atom is -0.273 e. The van der Waals surface area contributed by atoms with E-state index in [0.29, 0.717) is 5.02 Å². The maximum absolute atomic E-state index is 12.5. The van der Waals surface area contributed by atoms with Crippen LogP contribution in [0.25, 0.3) is 0 Å². The number of hydrazone groups is 1. The van der Waals surface area contributed by atoms with E-state index in [1.807, 2.05) is 0 Å². The highest BCUT2D eigenvalue weighted by Crippen LogP contribution is 2.33. The molecule has 0 saturated carbocycles. The van der Waals surface area contributed by atoms with Gasteiger partial charge in [0, 0.05) is 5.02 Å². The molecule has 11 heteroatoms. The molecule has 0 aliphatic heterocycles. The molecule has 0 aliphatic rings. The lowest BCUT2D eigenvalue weighted by atomic mass is 10.2. The summed E-state index contributed by atoms with van der Waals surface area (Å²) in [5.74, 6) is -0.396. The molecule has 0 amide bonds. The van der Waals surface area contributed by atoms with Crippen LogP contribution in [-0.4, -0.2) is 5.84 Å². The lowest BCUT2D eigenvalue weighted by Gasteiger charge is -2.06. The number of azo groups is 1. The fraction of sp³-hybridized carbons (Fsp3) is 0.0667. The third-order valence-corrected chi connectivity index (χ3v) is 3.65. The molecule has 1 N–H and O–H groups in total. The van der Waals surface area contributed by atoms with E-state index in [2.05, 4.69) is 20.8 Å². The zero-order valence-electron chi connectivity index (χ0n) is 12.5. The minimum atomic E-state index is -4.45. The smallest absolute Gasteiger partial charge is 0.273 e. The van der Waals surface area contributed by atoms with Crippen molar-refractivity contribution in [2.24, 2.45) is 15.3 Å². The fourth-order valence-electron chi connectivity index (χ4n) is 1.65. The van der Waals surface area contributed by atoms with Crippen LogP contribution in [0.4, 0.5) is 24.5 Å². The van der Waals surface area contributed by atoms with Gasteiger partial charge in [-0.3, -0.25) is 5.43 Å². The molecular weight excluding hydrogens is 414 g/mol. The molecule has 0 unspecified atom stereocenters. The van der Waals surface area contributed by atoms with E-state index in [4.69, 9.17) is 40.1 Å². The Balaban J connectivity index is 2.15. The number of hydrogen-bond donors (Lipinski definition) is 1. The van der Waals surface area contributed by atoms with Crippen molar-refractivity contribution < 1.29 is 13.2 Å². The molecule has 5 nitrogen and oxygen atoms in total. The Labute approximate surface area is 160 Å². The average molecular weight is 421 g/mol. The van der Waals surface area contributed by atoms with Gasteiger partial charge in [0.05, 0.1) is 27.0 Å². The van der Waals surface area contributed by atoms with Gasteiger partial charge in [-0.15, -0.1) is 15.3 Å². The van der Waals surface area contributed by atoms with Crippen LogP contribution in [0.3, 0.4) is 0 Å². The van der Waals surface area contributed by atoms with Gasteiger partial charge < -0.3 is 0 Å². The quantitative estimate of drug-likeness (QED) is 0.260. The SMILES string of the molecule is N#CC(N=Nc1ccc(C(F)(F)F)cc1)=NNc1c(Cl)cc(Cl)cc1Cl. The fourth-order valence-corrected chi connectivity index (χ4v) is 2.55. The van der Waals surface area contributed by atoms with Crippen LogP contribution >= 0.6 is 34.8 Å². The van der Waals surface area contributed by atoms with Gasteiger partial charge in [0.15, 0.2) is 0 Å². The van der Waals surface area contributed by atoms with Crippen LogP contribution in [0, 0.1) is 11.3 Å². The van der Waals surface area contributed by atoms with E-state index in [0.717, 1.165) is 24.3 Å². The van der Waals surface area contributed by atoms with Crippen molar-refractivity contribution in [1.29, 1.82) is 5.26 Å². The van der Waals surface area contributed by atoms with Gasteiger partial charge in [0.1, 0.15) is 6.07 Å². The predicted octanol–water partition coefficient (Wildman–Crippen LogP) is 6.70. The number of benzene rings is 2. The van der Waals surface area contributed by atoms with Crippen molar-refractivity contribution >= 4 is 52.0 Å². The monoisotopic (exact) mass is 419 g/mol. The third kappa shape index (κ3) is 5.33. The second kappa shape index (κ2) is 8.36. The van der Waals surface area contributed by atoms with E-state index in [1.165, 1.54) is 12.1 Å². The summed E-state index contributed by atoms with van der Waals surface area (Å²) in [5.41, 5.74) is 1.96. The van der Waals surface area contributed by atoms with Crippen molar-refractivity contribution in [3.8, 4) is 6.07 Å². The summed E-state index contributed by atoms with van der Waals surface area (Å²) in [6.07, 6.45) is -4.45. The molecule has 0 radical (unpaired) electrons. The summed E-state index contributed by atoms with van der Waals surface area (Å²) in [4.78, 5) is 0. The molecule has 0 fully saturated rings. The first-order chi connectivity index (χ1) is 12.2. The van der Waals surface area contributed by atoms with Crippen LogP contribution in [0.1, 0.15) is 5.56 Å². The maximum atomic E-state index is 12.5. The van der Waals surface area contributed by atoms with Gasteiger partial charge in [-0.1, -0.05) is 34.8 Å². The van der Waals surface area contributed by atoms with Gasteiger partial charge in [0.2, 0.25) is 0 Å². The molecule has 26 heavy (non-hydrogen) atoms. The summed E-state index contributed by atoms with van der Waals surface area (Å²) < 4.78 is 37.5. The van der Waals surface area contributed by atoms with E-state index < -0.39 is 17.6 Å². The summed E-state index contributed by atoms with van der Waals surface area (Å²) in [7, 11) is 0. The number of hydrogen-bond acceptors (Lipinski definition) is 4. The van der Waals surface area contributed by atoms with Crippen molar-refractivity contribution in [1.82, 2.24) is 0 Å². The highest BCUT2D eigenvalue weighted by Gasteiger charge is 2.29. The van der Waals surface area contributed by atoms with Gasteiger partial charge in [-0.25, -0.2) is 0 Å². The minimum absolute atomic E-state index is 0.114. The summed E-state index contributed by atoms with van der Waals surface area (Å²) in [6, 6.07) is 8.43. The molecule has 0 heterocycles. The topological polar surface area (TPSA) is 72.9 Å². The van der Waals surface area contributed by atoms with Crippen LogP contribution in [0.2, 0.25) is 15.1 Å². The van der Waals surface area contributed by atoms with Gasteiger partial charge in [-0.2, -0.15) is 18.4 Å². The van der Waals surface area contributed by atoms with Crippen molar-refractivity contribution in [3.05, 3.63) is 57.0 Å². The Morgan fingerprint density at radius 2 is 1.62 bits per heavy atom. The summed E-state index contributed by atoms with van der Waals surface area (Å²) >= 11 is 17.7. The van der Waals surface area contributed by atoms with Crippen LogP contribution < -0.4 is 5.43 Å². The maximum Gasteiger partial charge on any atom is 0.416 e. The molecule has 0 spiro atoms. The zero-order valence-corrected chi connectivity index (χ0v) is 14.8. The Kier molecular flexibility index (Phi) is 6.42. The first-order valence-corrected chi connectivity index (χ1v) is 7.81. The average Bonchev–Trinajstić information content (AvgIpc) is 2.56. The Hall–Kier alpha value is -2.34. The zero-order chi connectivity index (χ0) is 19.3. The molecule has 2 aromatic carbocycles. The number of alkyl halides is 3. The number of anilines is 1. The molecule has 2 aromatic rings.